The summed E-state index contributed by atoms with van der Waals surface area (Å²) in [7, 11) is 0. The van der Waals surface area contributed by atoms with E-state index in [1.807, 2.05) is 0 Å². The monoisotopic (exact) mass is 338 g/mol. The summed E-state index contributed by atoms with van der Waals surface area (Å²) in [6.45, 7) is 2.16. The molecule has 3 rings (SSSR count). The molecule has 24 heavy (non-hydrogen) atoms. The first kappa shape index (κ1) is 16.2. The fourth-order valence-corrected chi connectivity index (χ4v) is 2.56. The molecule has 10 heteroatoms. The second-order valence-corrected chi connectivity index (χ2v) is 5.27. The van der Waals surface area contributed by atoms with Crippen molar-refractivity contribution < 1.29 is 28.2 Å². The molecule has 1 aliphatic rings. The van der Waals surface area contributed by atoms with E-state index in [0.717, 1.165) is 0 Å². The molecule has 0 N–H and O–H groups in total. The van der Waals surface area contributed by atoms with Gasteiger partial charge >= 0.3 is 11.9 Å². The molecule has 4 atom stereocenters. The predicted molar refractivity (Wildman–Crippen MR) is 76.3 cm³/mol. The average Bonchev–Trinajstić information content (AvgIpc) is 3.08. The van der Waals surface area contributed by atoms with Crippen molar-refractivity contribution in [2.45, 2.75) is 38.5 Å². The lowest BCUT2D eigenvalue weighted by Gasteiger charge is -2.18. The van der Waals surface area contributed by atoms with Crippen molar-refractivity contribution in [2.24, 2.45) is 0 Å². The third-order valence-electron chi connectivity index (χ3n) is 3.53. The summed E-state index contributed by atoms with van der Waals surface area (Å²) < 4.78 is 31.7. The van der Waals surface area contributed by atoms with Crippen LogP contribution >= 0.6 is 0 Å². The number of alkyl halides is 1. The van der Waals surface area contributed by atoms with Crippen LogP contribution in [-0.2, 0) is 23.8 Å². The van der Waals surface area contributed by atoms with Crippen molar-refractivity contribution in [1.29, 1.82) is 0 Å². The number of carbonyl (C=O) groups excluding carboxylic acids is 2. The second kappa shape index (κ2) is 6.48. The van der Waals surface area contributed by atoms with Gasteiger partial charge in [-0.3, -0.25) is 14.2 Å². The van der Waals surface area contributed by atoms with Gasteiger partial charge in [0.15, 0.2) is 24.2 Å². The van der Waals surface area contributed by atoms with Crippen LogP contribution in [0, 0.1) is 0 Å². The molecule has 0 spiro atoms. The number of hydrogen-bond acceptors (Lipinski definition) is 8. The number of rotatable bonds is 4. The second-order valence-electron chi connectivity index (χ2n) is 5.27. The largest absolute Gasteiger partial charge is 0.463 e. The van der Waals surface area contributed by atoms with Crippen LogP contribution in [0.1, 0.15) is 20.1 Å². The highest BCUT2D eigenvalue weighted by atomic mass is 19.1. The third-order valence-corrected chi connectivity index (χ3v) is 3.53. The zero-order chi connectivity index (χ0) is 17.3. The van der Waals surface area contributed by atoms with Crippen LogP contribution in [0.15, 0.2) is 18.9 Å². The van der Waals surface area contributed by atoms with Crippen molar-refractivity contribution in [1.82, 2.24) is 19.5 Å². The van der Waals surface area contributed by atoms with Crippen LogP contribution in [0.2, 0.25) is 0 Å². The molecule has 0 radical (unpaired) electrons. The molecule has 9 nitrogen and oxygen atoms in total. The Morgan fingerprint density at radius 1 is 1.33 bits per heavy atom. The quantitative estimate of drug-likeness (QED) is 0.745. The molecule has 0 aromatic carbocycles. The lowest BCUT2D eigenvalue weighted by molar-refractivity contribution is -0.156. The van der Waals surface area contributed by atoms with E-state index in [2.05, 4.69) is 15.0 Å². The van der Waals surface area contributed by atoms with Crippen LogP contribution in [-0.4, -0.2) is 56.4 Å². The molecule has 3 heterocycles. The van der Waals surface area contributed by atoms with Crippen molar-refractivity contribution in [3.8, 4) is 0 Å². The maximum atomic E-state index is 14.8. The molecule has 0 saturated carbocycles. The Hall–Kier alpha value is -2.62. The van der Waals surface area contributed by atoms with Gasteiger partial charge in [0.1, 0.15) is 24.6 Å². The number of halogens is 1. The van der Waals surface area contributed by atoms with E-state index in [4.69, 9.17) is 14.2 Å². The van der Waals surface area contributed by atoms with Gasteiger partial charge in [-0.2, -0.15) is 0 Å². The standard InChI is InChI=1S/C14H15FN4O5/c1-7(20)22-4-10-12(23-8(2)21)11(15)14(24-10)19-6-18-9-3-16-5-17-13(9)19/h3,5-6,10-12,14H,4H2,1-2H3/t10-,11-,12-,14-/m1/s1. The Labute approximate surface area is 135 Å². The fraction of sp³-hybridized carbons (Fsp3) is 0.500. The van der Waals surface area contributed by atoms with Gasteiger partial charge in [0.2, 0.25) is 0 Å². The molecule has 0 aliphatic carbocycles. The topological polar surface area (TPSA) is 105 Å². The summed E-state index contributed by atoms with van der Waals surface area (Å²) in [5.74, 6) is -1.20. The maximum Gasteiger partial charge on any atom is 0.303 e. The van der Waals surface area contributed by atoms with Gasteiger partial charge in [-0.25, -0.2) is 19.3 Å². The molecule has 1 saturated heterocycles. The van der Waals surface area contributed by atoms with Gasteiger partial charge in [-0.05, 0) is 0 Å². The number of hydrogen-bond donors (Lipinski definition) is 0. The van der Waals surface area contributed by atoms with Crippen LogP contribution in [0.25, 0.3) is 11.2 Å². The van der Waals surface area contributed by atoms with Crippen LogP contribution in [0.4, 0.5) is 4.39 Å². The van der Waals surface area contributed by atoms with Crippen molar-refractivity contribution in [2.75, 3.05) is 6.61 Å². The minimum Gasteiger partial charge on any atom is -0.463 e. The summed E-state index contributed by atoms with van der Waals surface area (Å²) in [4.78, 5) is 34.2. The van der Waals surface area contributed by atoms with E-state index in [-0.39, 0.29) is 6.61 Å². The van der Waals surface area contributed by atoms with E-state index in [0.29, 0.717) is 11.2 Å². The Morgan fingerprint density at radius 2 is 2.12 bits per heavy atom. The molecule has 1 fully saturated rings. The van der Waals surface area contributed by atoms with E-state index in [9.17, 15) is 14.0 Å². The Balaban J connectivity index is 1.88. The predicted octanol–water partition coefficient (Wildman–Crippen LogP) is 0.557. The molecular weight excluding hydrogens is 323 g/mol. The number of carbonyl (C=O) groups is 2. The average molecular weight is 338 g/mol. The SMILES string of the molecule is CC(=O)OC[C@H]1O[C@@H](n2cnc3cncnc32)[C@H](F)[C@@H]1OC(C)=O. The molecule has 2 aromatic heterocycles. The van der Waals surface area contributed by atoms with Gasteiger partial charge in [0, 0.05) is 13.8 Å². The van der Waals surface area contributed by atoms with Crippen molar-refractivity contribution in [3.63, 3.8) is 0 Å². The van der Waals surface area contributed by atoms with Crippen LogP contribution < -0.4 is 0 Å². The summed E-state index contributed by atoms with van der Waals surface area (Å²) in [6.07, 6.45) is -0.765. The van der Waals surface area contributed by atoms with E-state index in [1.165, 1.54) is 37.3 Å². The summed E-state index contributed by atoms with van der Waals surface area (Å²) >= 11 is 0. The molecular formula is C14H15FN4O5. The number of ether oxygens (including phenoxy) is 3. The number of fused-ring (bicyclic) bond motifs is 1. The Kier molecular flexibility index (Phi) is 4.38. The number of esters is 2. The number of nitrogens with zero attached hydrogens (tertiary/aromatic N) is 4. The van der Waals surface area contributed by atoms with Gasteiger partial charge < -0.3 is 14.2 Å². The van der Waals surface area contributed by atoms with Crippen LogP contribution in [0.3, 0.4) is 0 Å². The smallest absolute Gasteiger partial charge is 0.303 e. The minimum absolute atomic E-state index is 0.230. The summed E-state index contributed by atoms with van der Waals surface area (Å²) in [5.41, 5.74) is 0.855. The number of imidazole rings is 1. The maximum absolute atomic E-state index is 14.8. The lowest BCUT2D eigenvalue weighted by Crippen LogP contribution is -2.36. The van der Waals surface area contributed by atoms with Crippen LogP contribution in [0.5, 0.6) is 0 Å². The molecule has 0 amide bonds. The first-order valence-corrected chi connectivity index (χ1v) is 7.20. The molecule has 2 aromatic rings. The number of aromatic nitrogens is 4. The zero-order valence-corrected chi connectivity index (χ0v) is 13.0. The van der Waals surface area contributed by atoms with Gasteiger partial charge in [-0.15, -0.1) is 0 Å². The Morgan fingerprint density at radius 3 is 2.83 bits per heavy atom. The third kappa shape index (κ3) is 3.04. The molecule has 0 unspecified atom stereocenters. The molecule has 128 valence electrons. The van der Waals surface area contributed by atoms with E-state index in [1.54, 1.807) is 0 Å². The molecule has 1 aliphatic heterocycles. The summed E-state index contributed by atoms with van der Waals surface area (Å²) in [5, 5.41) is 0. The fourth-order valence-electron chi connectivity index (χ4n) is 2.56. The summed E-state index contributed by atoms with van der Waals surface area (Å²) in [6, 6.07) is 0. The van der Waals surface area contributed by atoms with Crippen molar-refractivity contribution >= 4 is 23.1 Å². The van der Waals surface area contributed by atoms with E-state index >= 15 is 0 Å². The normalized spacial score (nSPS) is 26.5. The van der Waals surface area contributed by atoms with E-state index < -0.39 is 36.5 Å². The highest BCUT2D eigenvalue weighted by molar-refractivity contribution is 5.69. The Bertz CT molecular complexity index is 766. The highest BCUT2D eigenvalue weighted by Gasteiger charge is 2.49. The van der Waals surface area contributed by atoms with Crippen molar-refractivity contribution in [3.05, 3.63) is 18.9 Å². The highest BCUT2D eigenvalue weighted by Crippen LogP contribution is 2.35. The first-order valence-electron chi connectivity index (χ1n) is 7.20. The first-order chi connectivity index (χ1) is 11.5. The van der Waals surface area contributed by atoms with Gasteiger partial charge in [0.05, 0.1) is 12.5 Å². The minimum atomic E-state index is -1.68. The van der Waals surface area contributed by atoms with Gasteiger partial charge in [0.25, 0.3) is 0 Å². The molecule has 0 bridgehead atoms. The lowest BCUT2D eigenvalue weighted by atomic mass is 10.1. The zero-order valence-electron chi connectivity index (χ0n) is 13.0. The van der Waals surface area contributed by atoms with Gasteiger partial charge in [-0.1, -0.05) is 0 Å².